The van der Waals surface area contributed by atoms with Crippen molar-refractivity contribution in [1.29, 1.82) is 5.26 Å². The van der Waals surface area contributed by atoms with E-state index >= 15 is 0 Å². The average molecular weight is 373 g/mol. The predicted molar refractivity (Wildman–Crippen MR) is 119 cm³/mol. The van der Waals surface area contributed by atoms with Gasteiger partial charge in [-0.1, -0.05) is 49.3 Å². The third-order valence-electron chi connectivity index (χ3n) is 4.41. The van der Waals surface area contributed by atoms with Crippen LogP contribution in [0, 0.1) is 23.2 Å². The van der Waals surface area contributed by atoms with Crippen LogP contribution in [0.1, 0.15) is 79.1 Å². The second kappa shape index (κ2) is 20.2. The molecule has 0 fully saturated rings. The second-order valence-corrected chi connectivity index (χ2v) is 7.18. The molecule has 3 nitrogen and oxygen atoms in total. The standard InChI is InChI=1S/C12H21NO.C12H19N/c1-4-11(2)7-5-8-12(3)9-6-10-13-14;1-4-11(2)7-5-8-12(3)9-6-10-13/h4,8,10-11,14H,1,5-7,9H2,2-3H3;4,8,11H,1,5-7,9H2,2-3H3. The molecule has 0 aromatic carbocycles. The maximum atomic E-state index is 8.38. The molecule has 0 aromatic rings. The van der Waals surface area contributed by atoms with Crippen LogP contribution in [0.25, 0.3) is 0 Å². The van der Waals surface area contributed by atoms with Gasteiger partial charge < -0.3 is 5.21 Å². The zero-order chi connectivity index (χ0) is 20.9. The smallest absolute Gasteiger partial charge is 0.0625 e. The van der Waals surface area contributed by atoms with Gasteiger partial charge in [0.2, 0.25) is 0 Å². The van der Waals surface area contributed by atoms with Crippen molar-refractivity contribution in [3.05, 3.63) is 48.6 Å². The Labute approximate surface area is 167 Å². The number of rotatable bonds is 13. The molecule has 0 saturated heterocycles. The van der Waals surface area contributed by atoms with Crippen LogP contribution in [0.15, 0.2) is 53.8 Å². The molecule has 1 N–H and O–H groups in total. The molecule has 0 aliphatic carbocycles. The first-order valence-electron chi connectivity index (χ1n) is 10.00. The van der Waals surface area contributed by atoms with Crippen molar-refractivity contribution >= 4 is 6.21 Å². The van der Waals surface area contributed by atoms with Gasteiger partial charge in [0.1, 0.15) is 0 Å². The summed E-state index contributed by atoms with van der Waals surface area (Å²) in [7, 11) is 0. The van der Waals surface area contributed by atoms with Crippen molar-refractivity contribution in [2.45, 2.75) is 79.1 Å². The van der Waals surface area contributed by atoms with Gasteiger partial charge >= 0.3 is 0 Å². The van der Waals surface area contributed by atoms with E-state index in [0.29, 0.717) is 18.3 Å². The van der Waals surface area contributed by atoms with Crippen molar-refractivity contribution in [3.8, 4) is 6.07 Å². The molecule has 0 heterocycles. The molecule has 2 atom stereocenters. The summed E-state index contributed by atoms with van der Waals surface area (Å²) in [4.78, 5) is 0. The first kappa shape index (κ1) is 27.1. The molecule has 2 unspecified atom stereocenters. The summed E-state index contributed by atoms with van der Waals surface area (Å²) in [5.41, 5.74) is 2.69. The van der Waals surface area contributed by atoms with Crippen LogP contribution in [0.5, 0.6) is 0 Å². The molecule has 3 heteroatoms. The molecule has 0 rings (SSSR count). The number of nitriles is 1. The van der Waals surface area contributed by atoms with Crippen LogP contribution >= 0.6 is 0 Å². The summed E-state index contributed by atoms with van der Waals surface area (Å²) < 4.78 is 0. The molecule has 0 bridgehead atoms. The lowest BCUT2D eigenvalue weighted by Gasteiger charge is -2.02. The van der Waals surface area contributed by atoms with E-state index in [1.165, 1.54) is 17.4 Å². The van der Waals surface area contributed by atoms with Crippen LogP contribution in [0.4, 0.5) is 0 Å². The zero-order valence-electron chi connectivity index (χ0n) is 18.0. The minimum Gasteiger partial charge on any atom is -0.411 e. The lowest BCUT2D eigenvalue weighted by atomic mass is 10.0. The normalized spacial score (nSPS) is 14.0. The van der Waals surface area contributed by atoms with Crippen LogP contribution < -0.4 is 0 Å². The molecule has 152 valence electrons. The maximum Gasteiger partial charge on any atom is 0.0625 e. The Morgan fingerprint density at radius 2 is 1.44 bits per heavy atom. The molecule has 0 aliphatic heterocycles. The van der Waals surface area contributed by atoms with E-state index in [1.54, 1.807) is 0 Å². The lowest BCUT2D eigenvalue weighted by Crippen LogP contribution is -1.87. The van der Waals surface area contributed by atoms with Crippen LogP contribution in [0.2, 0.25) is 0 Å². The van der Waals surface area contributed by atoms with Crippen molar-refractivity contribution in [3.63, 3.8) is 0 Å². The number of hydrogen-bond donors (Lipinski definition) is 1. The first-order chi connectivity index (χ1) is 12.9. The van der Waals surface area contributed by atoms with Gasteiger partial charge in [-0.3, -0.25) is 0 Å². The van der Waals surface area contributed by atoms with Gasteiger partial charge in [-0.05, 0) is 70.6 Å². The average Bonchev–Trinajstić information content (AvgIpc) is 2.66. The minimum atomic E-state index is 0.595. The largest absolute Gasteiger partial charge is 0.411 e. The Morgan fingerprint density at radius 3 is 1.85 bits per heavy atom. The Hall–Kier alpha value is -2.08. The van der Waals surface area contributed by atoms with Crippen molar-refractivity contribution in [1.82, 2.24) is 0 Å². The van der Waals surface area contributed by atoms with E-state index in [4.69, 9.17) is 10.5 Å². The number of hydrogen-bond acceptors (Lipinski definition) is 3. The maximum absolute atomic E-state index is 8.38. The minimum absolute atomic E-state index is 0.595. The Bertz CT molecular complexity index is 509. The van der Waals surface area contributed by atoms with E-state index in [0.717, 1.165) is 44.9 Å². The third kappa shape index (κ3) is 21.9. The Morgan fingerprint density at radius 1 is 0.963 bits per heavy atom. The van der Waals surface area contributed by atoms with E-state index in [2.05, 4.69) is 64.2 Å². The first-order valence-corrected chi connectivity index (χ1v) is 10.00. The molecule has 0 saturated carbocycles. The van der Waals surface area contributed by atoms with Crippen LogP contribution in [-0.2, 0) is 0 Å². The zero-order valence-corrected chi connectivity index (χ0v) is 18.0. The lowest BCUT2D eigenvalue weighted by molar-refractivity contribution is 0.320. The highest BCUT2D eigenvalue weighted by Crippen LogP contribution is 2.11. The fourth-order valence-electron chi connectivity index (χ4n) is 2.23. The number of nitrogens with zero attached hydrogens (tertiary/aromatic N) is 2. The fraction of sp³-hybridized carbons (Fsp3) is 0.583. The summed E-state index contributed by atoms with van der Waals surface area (Å²) in [6, 6.07) is 2.15. The topological polar surface area (TPSA) is 56.4 Å². The van der Waals surface area contributed by atoms with Crippen LogP contribution in [0.3, 0.4) is 0 Å². The quantitative estimate of drug-likeness (QED) is 0.156. The van der Waals surface area contributed by atoms with Crippen LogP contribution in [-0.4, -0.2) is 11.4 Å². The molecular formula is C24H40N2O. The Balaban J connectivity index is 0. The van der Waals surface area contributed by atoms with E-state index < -0.39 is 0 Å². The molecule has 0 spiro atoms. The van der Waals surface area contributed by atoms with Gasteiger partial charge in [0, 0.05) is 12.6 Å². The molecule has 0 aromatic heterocycles. The summed E-state index contributed by atoms with van der Waals surface area (Å²) in [5, 5.41) is 19.5. The Kier molecular flexibility index (Phi) is 20.3. The SMILES string of the molecule is C=CC(C)CCC=C(C)CCC#N.C=CC(C)CCC=C(C)CCC=NO. The third-order valence-corrected chi connectivity index (χ3v) is 4.41. The van der Waals surface area contributed by atoms with Gasteiger partial charge in [0.15, 0.2) is 0 Å². The summed E-state index contributed by atoms with van der Waals surface area (Å²) >= 11 is 0. The molecule has 0 aliphatic rings. The predicted octanol–water partition coefficient (Wildman–Crippen LogP) is 7.61. The number of oxime groups is 1. The summed E-state index contributed by atoms with van der Waals surface area (Å²) in [6.45, 7) is 16.1. The molecular weight excluding hydrogens is 332 g/mol. The summed E-state index contributed by atoms with van der Waals surface area (Å²) in [5.74, 6) is 1.19. The van der Waals surface area contributed by atoms with E-state index in [9.17, 15) is 0 Å². The second-order valence-electron chi connectivity index (χ2n) is 7.18. The van der Waals surface area contributed by atoms with E-state index in [-0.39, 0.29) is 0 Å². The molecule has 0 radical (unpaired) electrons. The molecule has 27 heavy (non-hydrogen) atoms. The fourth-order valence-corrected chi connectivity index (χ4v) is 2.23. The number of allylic oxidation sites excluding steroid dienone is 6. The van der Waals surface area contributed by atoms with Gasteiger partial charge in [-0.25, -0.2) is 0 Å². The van der Waals surface area contributed by atoms with Gasteiger partial charge in [-0.2, -0.15) is 5.26 Å². The van der Waals surface area contributed by atoms with Gasteiger partial charge in [0.25, 0.3) is 0 Å². The highest BCUT2D eigenvalue weighted by molar-refractivity contribution is 5.56. The van der Waals surface area contributed by atoms with Crippen molar-refractivity contribution < 1.29 is 5.21 Å². The molecule has 0 amide bonds. The highest BCUT2D eigenvalue weighted by Gasteiger charge is 1.95. The van der Waals surface area contributed by atoms with Gasteiger partial charge in [-0.15, -0.1) is 18.3 Å². The van der Waals surface area contributed by atoms with E-state index in [1.807, 2.05) is 12.2 Å². The van der Waals surface area contributed by atoms with Crippen molar-refractivity contribution in [2.75, 3.05) is 0 Å². The monoisotopic (exact) mass is 372 g/mol. The highest BCUT2D eigenvalue weighted by atomic mass is 16.4. The summed E-state index contributed by atoms with van der Waals surface area (Å²) in [6.07, 6.45) is 17.9. The van der Waals surface area contributed by atoms with Crippen molar-refractivity contribution in [2.24, 2.45) is 17.0 Å². The van der Waals surface area contributed by atoms with Gasteiger partial charge in [0.05, 0.1) is 6.07 Å².